The van der Waals surface area contributed by atoms with Gasteiger partial charge in [-0.2, -0.15) is 0 Å². The molecule has 10 heteroatoms. The number of benzene rings is 1. The summed E-state index contributed by atoms with van der Waals surface area (Å²) in [6, 6.07) is 5.98. The molecular weight excluding hydrogens is 480 g/mol. The second-order valence-corrected chi connectivity index (χ2v) is 10.3. The topological polar surface area (TPSA) is 108 Å². The van der Waals surface area contributed by atoms with Crippen LogP contribution in [0.3, 0.4) is 0 Å². The molecular formula is C26H33ClN6O3. The second-order valence-electron chi connectivity index (χ2n) is 9.92. The third-order valence-corrected chi connectivity index (χ3v) is 7.60. The Morgan fingerprint density at radius 3 is 2.92 bits per heavy atom. The molecule has 3 aliphatic heterocycles. The molecule has 2 aromatic rings. The fourth-order valence-corrected chi connectivity index (χ4v) is 5.40. The van der Waals surface area contributed by atoms with Crippen molar-refractivity contribution in [2.24, 2.45) is 5.92 Å². The van der Waals surface area contributed by atoms with Crippen LogP contribution in [-0.2, 0) is 16.1 Å². The van der Waals surface area contributed by atoms with Crippen molar-refractivity contribution in [2.45, 2.75) is 51.2 Å². The van der Waals surface area contributed by atoms with Gasteiger partial charge in [0.2, 0.25) is 11.9 Å². The number of hydrogen-bond donors (Lipinski definition) is 3. The number of rotatable bonds is 7. The van der Waals surface area contributed by atoms with Gasteiger partial charge in [-0.05, 0) is 63.2 Å². The summed E-state index contributed by atoms with van der Waals surface area (Å²) in [5, 5.41) is 10.2. The lowest BCUT2D eigenvalue weighted by Crippen LogP contribution is -2.47. The highest BCUT2D eigenvalue weighted by molar-refractivity contribution is 6.33. The zero-order valence-electron chi connectivity index (χ0n) is 20.6. The Morgan fingerprint density at radius 1 is 1.31 bits per heavy atom. The number of amides is 2. The molecule has 2 atom stereocenters. The number of ether oxygens (including phenoxy) is 1. The first-order valence-electron chi connectivity index (χ1n) is 12.8. The molecule has 1 aromatic heterocycles. The summed E-state index contributed by atoms with van der Waals surface area (Å²) in [4.78, 5) is 36.4. The number of carbonyl (C=O) groups excluding carboxylic acids is 2. The van der Waals surface area contributed by atoms with E-state index in [1.54, 1.807) is 11.1 Å². The van der Waals surface area contributed by atoms with Crippen molar-refractivity contribution < 1.29 is 14.3 Å². The Hall–Kier alpha value is -2.75. The van der Waals surface area contributed by atoms with Gasteiger partial charge < -0.3 is 25.6 Å². The van der Waals surface area contributed by atoms with Gasteiger partial charge in [0.25, 0.3) is 5.91 Å². The SMILES string of the molecule is CC(NC(=O)CN1Cc2ccc(-c3nc(NC4CCOCC4)ncc3Cl)cc2C1=O)[C@H]1CCCNC1. The van der Waals surface area contributed by atoms with E-state index in [0.29, 0.717) is 34.7 Å². The van der Waals surface area contributed by atoms with Crippen LogP contribution >= 0.6 is 11.6 Å². The van der Waals surface area contributed by atoms with Crippen molar-refractivity contribution in [2.75, 3.05) is 38.2 Å². The number of anilines is 1. The molecule has 5 rings (SSSR count). The normalized spacial score (nSPS) is 21.2. The van der Waals surface area contributed by atoms with Crippen molar-refractivity contribution in [3.63, 3.8) is 0 Å². The van der Waals surface area contributed by atoms with E-state index >= 15 is 0 Å². The molecule has 3 aliphatic rings. The smallest absolute Gasteiger partial charge is 0.254 e. The minimum atomic E-state index is -0.153. The maximum absolute atomic E-state index is 13.2. The fraction of sp³-hybridized carbons (Fsp3) is 0.538. The Labute approximate surface area is 216 Å². The molecule has 0 bridgehead atoms. The van der Waals surface area contributed by atoms with E-state index < -0.39 is 0 Å². The highest BCUT2D eigenvalue weighted by atomic mass is 35.5. The molecule has 0 spiro atoms. The number of nitrogens with zero attached hydrogens (tertiary/aromatic N) is 3. The third kappa shape index (κ3) is 5.63. The van der Waals surface area contributed by atoms with Gasteiger partial charge in [0, 0.05) is 43.0 Å². The van der Waals surface area contributed by atoms with Gasteiger partial charge >= 0.3 is 0 Å². The van der Waals surface area contributed by atoms with Crippen LogP contribution in [0.5, 0.6) is 0 Å². The molecule has 1 aromatic carbocycles. The van der Waals surface area contributed by atoms with E-state index in [0.717, 1.165) is 63.1 Å². The fourth-order valence-electron chi connectivity index (χ4n) is 5.20. The van der Waals surface area contributed by atoms with Crippen LogP contribution in [0.1, 0.15) is 48.5 Å². The van der Waals surface area contributed by atoms with Crippen molar-refractivity contribution in [3.05, 3.63) is 40.5 Å². The summed E-state index contributed by atoms with van der Waals surface area (Å²) in [6.07, 6.45) is 5.60. The molecule has 3 N–H and O–H groups in total. The Kier molecular flexibility index (Phi) is 7.69. The number of carbonyl (C=O) groups is 2. The number of piperidine rings is 1. The summed E-state index contributed by atoms with van der Waals surface area (Å²) in [5.41, 5.74) is 2.79. The van der Waals surface area contributed by atoms with Gasteiger partial charge in [-0.1, -0.05) is 23.7 Å². The third-order valence-electron chi connectivity index (χ3n) is 7.33. The van der Waals surface area contributed by atoms with Crippen LogP contribution in [0.2, 0.25) is 5.02 Å². The summed E-state index contributed by atoms with van der Waals surface area (Å²) in [5.74, 6) is 0.644. The van der Waals surface area contributed by atoms with Gasteiger partial charge in [-0.25, -0.2) is 9.97 Å². The van der Waals surface area contributed by atoms with Gasteiger partial charge in [-0.3, -0.25) is 9.59 Å². The lowest BCUT2D eigenvalue weighted by molar-refractivity contribution is -0.122. The van der Waals surface area contributed by atoms with Crippen LogP contribution in [0.15, 0.2) is 24.4 Å². The van der Waals surface area contributed by atoms with Crippen LogP contribution < -0.4 is 16.0 Å². The van der Waals surface area contributed by atoms with Crippen molar-refractivity contribution in [1.82, 2.24) is 25.5 Å². The van der Waals surface area contributed by atoms with Crippen LogP contribution in [-0.4, -0.2) is 71.6 Å². The Morgan fingerprint density at radius 2 is 2.14 bits per heavy atom. The van der Waals surface area contributed by atoms with Gasteiger partial charge in [-0.15, -0.1) is 0 Å². The van der Waals surface area contributed by atoms with E-state index in [4.69, 9.17) is 16.3 Å². The molecule has 9 nitrogen and oxygen atoms in total. The molecule has 192 valence electrons. The maximum Gasteiger partial charge on any atom is 0.254 e. The quantitative estimate of drug-likeness (QED) is 0.523. The zero-order chi connectivity index (χ0) is 25.1. The monoisotopic (exact) mass is 512 g/mol. The minimum Gasteiger partial charge on any atom is -0.381 e. The maximum atomic E-state index is 13.2. The summed E-state index contributed by atoms with van der Waals surface area (Å²) < 4.78 is 5.42. The van der Waals surface area contributed by atoms with Crippen LogP contribution in [0.25, 0.3) is 11.3 Å². The summed E-state index contributed by atoms with van der Waals surface area (Å²) in [7, 11) is 0. The first-order valence-corrected chi connectivity index (χ1v) is 13.1. The van der Waals surface area contributed by atoms with E-state index in [1.165, 1.54) is 0 Å². The van der Waals surface area contributed by atoms with Crippen molar-refractivity contribution in [3.8, 4) is 11.3 Å². The number of aromatic nitrogens is 2. The average molecular weight is 513 g/mol. The average Bonchev–Trinajstić information content (AvgIpc) is 3.20. The molecule has 2 amide bonds. The predicted octanol–water partition coefficient (Wildman–Crippen LogP) is 2.85. The largest absolute Gasteiger partial charge is 0.381 e. The van der Waals surface area contributed by atoms with Crippen LogP contribution in [0, 0.1) is 5.92 Å². The molecule has 0 aliphatic carbocycles. The molecule has 2 fully saturated rings. The molecule has 0 saturated carbocycles. The van der Waals surface area contributed by atoms with Crippen molar-refractivity contribution >= 4 is 29.4 Å². The second kappa shape index (κ2) is 11.1. The zero-order valence-corrected chi connectivity index (χ0v) is 21.3. The number of halogens is 1. The number of hydrogen-bond acceptors (Lipinski definition) is 7. The number of fused-ring (bicyclic) bond motifs is 1. The standard InChI is InChI=1S/C26H33ClN6O3/c1-16(18-3-2-8-28-12-18)30-23(34)15-33-14-19-5-4-17(11-21(19)25(33)35)24-22(27)13-29-26(32-24)31-20-6-9-36-10-7-20/h4-5,11,13,16,18,20,28H,2-3,6-10,12,14-15H2,1H3,(H,30,34)(H,29,31,32)/t16?,18-/m0/s1. The van der Waals surface area contributed by atoms with E-state index in [2.05, 4.69) is 25.9 Å². The van der Waals surface area contributed by atoms with Crippen molar-refractivity contribution in [1.29, 1.82) is 0 Å². The van der Waals surface area contributed by atoms with Gasteiger partial charge in [0.05, 0.1) is 16.9 Å². The first kappa shape index (κ1) is 24.9. The van der Waals surface area contributed by atoms with Crippen LogP contribution in [0.4, 0.5) is 5.95 Å². The Balaban J connectivity index is 1.25. The highest BCUT2D eigenvalue weighted by Gasteiger charge is 2.30. The number of nitrogens with one attached hydrogen (secondary N) is 3. The van der Waals surface area contributed by atoms with E-state index in [9.17, 15) is 9.59 Å². The highest BCUT2D eigenvalue weighted by Crippen LogP contribution is 2.31. The minimum absolute atomic E-state index is 0.0424. The summed E-state index contributed by atoms with van der Waals surface area (Å²) >= 11 is 6.45. The summed E-state index contributed by atoms with van der Waals surface area (Å²) in [6.45, 7) is 5.88. The van der Waals surface area contributed by atoms with Gasteiger partial charge in [0.15, 0.2) is 0 Å². The van der Waals surface area contributed by atoms with Gasteiger partial charge in [0.1, 0.15) is 6.54 Å². The lowest BCUT2D eigenvalue weighted by atomic mass is 9.93. The first-order chi connectivity index (χ1) is 17.5. The predicted molar refractivity (Wildman–Crippen MR) is 138 cm³/mol. The van der Waals surface area contributed by atoms with E-state index in [1.807, 2.05) is 25.1 Å². The Bertz CT molecular complexity index is 1120. The molecule has 2 saturated heterocycles. The molecule has 36 heavy (non-hydrogen) atoms. The molecule has 4 heterocycles. The lowest BCUT2D eigenvalue weighted by Gasteiger charge is -2.29. The molecule has 1 unspecified atom stereocenters. The molecule has 0 radical (unpaired) electrons. The van der Waals surface area contributed by atoms with E-state index in [-0.39, 0.29) is 30.4 Å².